The molecule has 2 rings (SSSR count). The SMILES string of the molecule is COC(C)C(C)(O)c1cc2cccc(Cl)c2o1. The van der Waals surface area contributed by atoms with Crippen molar-refractivity contribution in [1.29, 1.82) is 0 Å². The second-order valence-electron chi connectivity index (χ2n) is 4.29. The summed E-state index contributed by atoms with van der Waals surface area (Å²) in [4.78, 5) is 0. The Kier molecular flexibility index (Phi) is 3.17. The van der Waals surface area contributed by atoms with Gasteiger partial charge in [0.25, 0.3) is 0 Å². The van der Waals surface area contributed by atoms with Gasteiger partial charge in [0.2, 0.25) is 0 Å². The van der Waals surface area contributed by atoms with E-state index in [2.05, 4.69) is 0 Å². The lowest BCUT2D eigenvalue weighted by molar-refractivity contribution is -0.0885. The van der Waals surface area contributed by atoms with Crippen LogP contribution in [-0.4, -0.2) is 18.3 Å². The predicted molar refractivity (Wildman–Crippen MR) is 67.3 cm³/mol. The average molecular weight is 255 g/mol. The Balaban J connectivity index is 2.53. The van der Waals surface area contributed by atoms with Gasteiger partial charge in [-0.25, -0.2) is 0 Å². The van der Waals surface area contributed by atoms with Gasteiger partial charge in [-0.1, -0.05) is 23.7 Å². The summed E-state index contributed by atoms with van der Waals surface area (Å²) in [6.45, 7) is 3.45. The molecule has 0 saturated heterocycles. The van der Waals surface area contributed by atoms with Gasteiger partial charge in [0.1, 0.15) is 11.4 Å². The summed E-state index contributed by atoms with van der Waals surface area (Å²) in [5, 5.41) is 11.8. The van der Waals surface area contributed by atoms with Crippen molar-refractivity contribution >= 4 is 22.6 Å². The van der Waals surface area contributed by atoms with E-state index < -0.39 is 5.60 Å². The van der Waals surface area contributed by atoms with E-state index >= 15 is 0 Å². The van der Waals surface area contributed by atoms with Crippen LogP contribution < -0.4 is 0 Å². The van der Waals surface area contributed by atoms with Crippen molar-refractivity contribution in [2.24, 2.45) is 0 Å². The standard InChI is InChI=1S/C13H15ClO3/c1-8(16-3)13(2,15)11-7-9-5-4-6-10(14)12(9)17-11/h4-8,15H,1-3H3. The lowest BCUT2D eigenvalue weighted by Crippen LogP contribution is -2.35. The molecule has 3 nitrogen and oxygen atoms in total. The van der Waals surface area contributed by atoms with Gasteiger partial charge in [0.15, 0.2) is 5.58 Å². The number of fused-ring (bicyclic) bond motifs is 1. The minimum atomic E-state index is -1.18. The molecule has 2 atom stereocenters. The minimum absolute atomic E-state index is 0.373. The topological polar surface area (TPSA) is 42.6 Å². The molecule has 2 aromatic rings. The summed E-state index contributed by atoms with van der Waals surface area (Å²) in [7, 11) is 1.55. The zero-order valence-electron chi connectivity index (χ0n) is 10.0. The number of para-hydroxylation sites is 1. The van der Waals surface area contributed by atoms with Crippen molar-refractivity contribution in [2.45, 2.75) is 25.6 Å². The third-order valence-electron chi connectivity index (χ3n) is 3.14. The van der Waals surface area contributed by atoms with Gasteiger partial charge < -0.3 is 14.3 Å². The lowest BCUT2D eigenvalue weighted by Gasteiger charge is -2.26. The summed E-state index contributed by atoms with van der Waals surface area (Å²) in [5.41, 5.74) is -0.593. The maximum Gasteiger partial charge on any atom is 0.153 e. The largest absolute Gasteiger partial charge is 0.456 e. The Hall–Kier alpha value is -1.03. The van der Waals surface area contributed by atoms with Crippen LogP contribution in [0.5, 0.6) is 0 Å². The van der Waals surface area contributed by atoms with Crippen LogP contribution in [0.2, 0.25) is 5.02 Å². The van der Waals surface area contributed by atoms with Crippen LogP contribution in [0, 0.1) is 0 Å². The van der Waals surface area contributed by atoms with Crippen molar-refractivity contribution in [3.8, 4) is 0 Å². The molecule has 1 aromatic carbocycles. The van der Waals surface area contributed by atoms with Crippen molar-refractivity contribution in [2.75, 3.05) is 7.11 Å². The molecule has 1 aromatic heterocycles. The summed E-state index contributed by atoms with van der Waals surface area (Å²) in [6, 6.07) is 7.28. The van der Waals surface area contributed by atoms with Gasteiger partial charge >= 0.3 is 0 Å². The fourth-order valence-electron chi connectivity index (χ4n) is 1.71. The highest BCUT2D eigenvalue weighted by Crippen LogP contribution is 2.34. The maximum absolute atomic E-state index is 10.4. The summed E-state index contributed by atoms with van der Waals surface area (Å²) in [5.74, 6) is 0.454. The molecule has 0 radical (unpaired) electrons. The molecule has 0 fully saturated rings. The van der Waals surface area contributed by atoms with E-state index in [9.17, 15) is 5.11 Å². The first-order valence-corrected chi connectivity index (χ1v) is 5.78. The monoisotopic (exact) mass is 254 g/mol. The number of ether oxygens (including phenoxy) is 1. The zero-order chi connectivity index (χ0) is 12.6. The Morgan fingerprint density at radius 3 is 2.76 bits per heavy atom. The maximum atomic E-state index is 10.4. The number of hydrogen-bond acceptors (Lipinski definition) is 3. The Bertz CT molecular complexity index is 530. The highest BCUT2D eigenvalue weighted by atomic mass is 35.5. The first kappa shape index (κ1) is 12.4. The third-order valence-corrected chi connectivity index (χ3v) is 3.44. The van der Waals surface area contributed by atoms with Crippen LogP contribution in [0.25, 0.3) is 11.0 Å². The van der Waals surface area contributed by atoms with Crippen LogP contribution in [0.3, 0.4) is 0 Å². The molecule has 4 heteroatoms. The van der Waals surface area contributed by atoms with Gasteiger partial charge in [-0.05, 0) is 26.0 Å². The Morgan fingerprint density at radius 2 is 2.18 bits per heavy atom. The fraction of sp³-hybridized carbons (Fsp3) is 0.385. The average Bonchev–Trinajstić information content (AvgIpc) is 2.74. The van der Waals surface area contributed by atoms with Crippen LogP contribution in [-0.2, 0) is 10.3 Å². The second-order valence-corrected chi connectivity index (χ2v) is 4.70. The first-order chi connectivity index (χ1) is 7.96. The highest BCUT2D eigenvalue weighted by molar-refractivity contribution is 6.34. The predicted octanol–water partition coefficient (Wildman–Crippen LogP) is 3.33. The molecule has 0 spiro atoms. The minimum Gasteiger partial charge on any atom is -0.456 e. The van der Waals surface area contributed by atoms with Gasteiger partial charge in [-0.2, -0.15) is 0 Å². The molecule has 0 aliphatic heterocycles. The Morgan fingerprint density at radius 1 is 1.47 bits per heavy atom. The number of aliphatic hydroxyl groups is 1. The molecule has 1 N–H and O–H groups in total. The van der Waals surface area contributed by atoms with Gasteiger partial charge in [0, 0.05) is 12.5 Å². The normalized spacial score (nSPS) is 17.0. The van der Waals surface area contributed by atoms with Crippen molar-refractivity contribution in [3.63, 3.8) is 0 Å². The van der Waals surface area contributed by atoms with Crippen LogP contribution in [0.4, 0.5) is 0 Å². The van der Waals surface area contributed by atoms with Crippen LogP contribution in [0.1, 0.15) is 19.6 Å². The lowest BCUT2D eigenvalue weighted by atomic mass is 9.97. The summed E-state index contributed by atoms with van der Waals surface area (Å²) < 4.78 is 10.8. The molecule has 1 heterocycles. The molecule has 0 bridgehead atoms. The number of methoxy groups -OCH3 is 1. The van der Waals surface area contributed by atoms with Crippen molar-refractivity contribution in [1.82, 2.24) is 0 Å². The van der Waals surface area contributed by atoms with Crippen molar-refractivity contribution in [3.05, 3.63) is 35.0 Å². The van der Waals surface area contributed by atoms with E-state index in [1.54, 1.807) is 33.1 Å². The van der Waals surface area contributed by atoms with E-state index in [0.717, 1.165) is 5.39 Å². The van der Waals surface area contributed by atoms with Crippen molar-refractivity contribution < 1.29 is 14.3 Å². The summed E-state index contributed by atoms with van der Waals surface area (Å²) in [6.07, 6.45) is -0.373. The Labute approximate surface area is 105 Å². The molecule has 2 unspecified atom stereocenters. The number of halogens is 1. The van der Waals surface area contributed by atoms with Crippen LogP contribution >= 0.6 is 11.6 Å². The van der Waals surface area contributed by atoms with Crippen LogP contribution in [0.15, 0.2) is 28.7 Å². The van der Waals surface area contributed by atoms with Gasteiger partial charge in [0.05, 0.1) is 11.1 Å². The number of furan rings is 1. The molecule has 0 aliphatic rings. The van der Waals surface area contributed by atoms with E-state index in [1.165, 1.54) is 0 Å². The fourth-order valence-corrected chi connectivity index (χ4v) is 1.93. The van der Waals surface area contributed by atoms with Gasteiger partial charge in [-0.3, -0.25) is 0 Å². The van der Waals surface area contributed by atoms with Gasteiger partial charge in [-0.15, -0.1) is 0 Å². The second kappa shape index (κ2) is 4.33. The molecular formula is C13H15ClO3. The number of rotatable bonds is 3. The number of hydrogen-bond donors (Lipinski definition) is 1. The highest BCUT2D eigenvalue weighted by Gasteiger charge is 2.34. The first-order valence-electron chi connectivity index (χ1n) is 5.40. The third kappa shape index (κ3) is 2.06. The molecule has 92 valence electrons. The zero-order valence-corrected chi connectivity index (χ0v) is 10.8. The smallest absolute Gasteiger partial charge is 0.153 e. The molecular weight excluding hydrogens is 240 g/mol. The molecule has 17 heavy (non-hydrogen) atoms. The van der Waals surface area contributed by atoms with E-state index in [-0.39, 0.29) is 6.10 Å². The quantitative estimate of drug-likeness (QED) is 0.914. The van der Waals surface area contributed by atoms with E-state index in [4.69, 9.17) is 20.8 Å². The van der Waals surface area contributed by atoms with E-state index in [0.29, 0.717) is 16.4 Å². The number of benzene rings is 1. The molecule has 0 saturated carbocycles. The van der Waals surface area contributed by atoms with E-state index in [1.807, 2.05) is 12.1 Å². The summed E-state index contributed by atoms with van der Waals surface area (Å²) >= 11 is 6.03. The molecule has 0 amide bonds. The molecule has 0 aliphatic carbocycles.